The van der Waals surface area contributed by atoms with Crippen LogP contribution in [0.3, 0.4) is 0 Å². The number of para-hydroxylation sites is 2. The molecule has 2 rings (SSSR count). The maximum absolute atomic E-state index is 11.9. The molecule has 2 aromatic rings. The molecule has 7 heteroatoms. The second kappa shape index (κ2) is 8.93. The monoisotopic (exact) mass is 371 g/mol. The fourth-order valence-corrected chi connectivity index (χ4v) is 2.26. The molecule has 0 aliphatic rings. The molecular weight excluding hydrogens is 346 g/mol. The first-order valence-electron chi connectivity index (χ1n) is 8.52. The fourth-order valence-electron chi connectivity index (χ4n) is 2.26. The minimum absolute atomic E-state index is 0.0502. The van der Waals surface area contributed by atoms with E-state index in [0.29, 0.717) is 17.2 Å². The fraction of sp³-hybridized carbons (Fsp3) is 0.300. The summed E-state index contributed by atoms with van der Waals surface area (Å²) in [5.41, 5.74) is 6.25. The van der Waals surface area contributed by atoms with Crippen LogP contribution in [0, 0.1) is 0 Å². The van der Waals surface area contributed by atoms with E-state index in [4.69, 9.17) is 9.47 Å². The molecule has 0 radical (unpaired) electrons. The van der Waals surface area contributed by atoms with E-state index in [-0.39, 0.29) is 12.0 Å². The number of nitrogens with one attached hydrogen (secondary N) is 3. The first-order valence-corrected chi connectivity index (χ1v) is 8.52. The highest BCUT2D eigenvalue weighted by atomic mass is 16.5. The van der Waals surface area contributed by atoms with Gasteiger partial charge in [-0.25, -0.2) is 10.2 Å². The van der Waals surface area contributed by atoms with Gasteiger partial charge in [-0.3, -0.25) is 10.2 Å². The summed E-state index contributed by atoms with van der Waals surface area (Å²) in [5, 5.41) is 2.58. The van der Waals surface area contributed by atoms with E-state index >= 15 is 0 Å². The number of carbonyl (C=O) groups excluding carboxylic acids is 2. The highest BCUT2D eigenvalue weighted by Crippen LogP contribution is 2.24. The molecule has 0 spiro atoms. The predicted molar refractivity (Wildman–Crippen MR) is 104 cm³/mol. The highest BCUT2D eigenvalue weighted by molar-refractivity contribution is 5.92. The van der Waals surface area contributed by atoms with Crippen molar-refractivity contribution in [3.05, 3.63) is 54.1 Å². The number of hydrazine groups is 1. The quantitative estimate of drug-likeness (QED) is 0.704. The van der Waals surface area contributed by atoms with Crippen LogP contribution in [-0.2, 0) is 10.2 Å². The predicted octanol–water partition coefficient (Wildman–Crippen LogP) is 3.22. The Balaban J connectivity index is 1.76. The largest absolute Gasteiger partial charge is 0.495 e. The van der Waals surface area contributed by atoms with Gasteiger partial charge >= 0.3 is 6.03 Å². The summed E-state index contributed by atoms with van der Waals surface area (Å²) in [4.78, 5) is 23.7. The van der Waals surface area contributed by atoms with Crippen LogP contribution in [-0.4, -0.2) is 25.7 Å². The van der Waals surface area contributed by atoms with Crippen molar-refractivity contribution in [1.82, 2.24) is 10.9 Å². The Morgan fingerprint density at radius 2 is 1.63 bits per heavy atom. The van der Waals surface area contributed by atoms with Crippen LogP contribution in [0.15, 0.2) is 48.5 Å². The number of hydrogen-bond donors (Lipinski definition) is 3. The molecule has 0 saturated heterocycles. The Labute approximate surface area is 159 Å². The number of hydrogen-bond acceptors (Lipinski definition) is 4. The van der Waals surface area contributed by atoms with Gasteiger partial charge in [-0.2, -0.15) is 0 Å². The van der Waals surface area contributed by atoms with Crippen molar-refractivity contribution in [1.29, 1.82) is 0 Å². The third-order valence-corrected chi connectivity index (χ3v) is 3.76. The Hall–Kier alpha value is -3.22. The van der Waals surface area contributed by atoms with Gasteiger partial charge in [0.2, 0.25) is 0 Å². The molecule has 7 nitrogen and oxygen atoms in total. The first kappa shape index (κ1) is 20.1. The van der Waals surface area contributed by atoms with E-state index in [0.717, 1.165) is 0 Å². The SMILES string of the molecule is COc1ccccc1NC(=O)NNC(=O)COc1ccc(C(C)(C)C)cc1. The number of urea groups is 1. The zero-order chi connectivity index (χ0) is 19.9. The molecule has 3 amide bonds. The van der Waals surface area contributed by atoms with E-state index in [9.17, 15) is 9.59 Å². The van der Waals surface area contributed by atoms with Crippen LogP contribution < -0.4 is 25.6 Å². The van der Waals surface area contributed by atoms with Crippen molar-refractivity contribution in [2.24, 2.45) is 0 Å². The highest BCUT2D eigenvalue weighted by Gasteiger charge is 2.13. The van der Waals surface area contributed by atoms with Crippen molar-refractivity contribution >= 4 is 17.6 Å². The van der Waals surface area contributed by atoms with Gasteiger partial charge in [0.05, 0.1) is 12.8 Å². The summed E-state index contributed by atoms with van der Waals surface area (Å²) >= 11 is 0. The summed E-state index contributed by atoms with van der Waals surface area (Å²) in [6.45, 7) is 6.15. The standard InChI is InChI=1S/C20H25N3O4/c1-20(2,3)14-9-11-15(12-10-14)27-13-18(24)22-23-19(25)21-16-7-5-6-8-17(16)26-4/h5-12H,13H2,1-4H3,(H,22,24)(H2,21,23,25). The van der Waals surface area contributed by atoms with Gasteiger partial charge in [-0.05, 0) is 35.2 Å². The summed E-state index contributed by atoms with van der Waals surface area (Å²) in [7, 11) is 1.51. The van der Waals surface area contributed by atoms with Crippen LogP contribution in [0.1, 0.15) is 26.3 Å². The molecule has 0 bridgehead atoms. The second-order valence-corrected chi connectivity index (χ2v) is 6.89. The Morgan fingerprint density at radius 1 is 0.963 bits per heavy atom. The second-order valence-electron chi connectivity index (χ2n) is 6.89. The van der Waals surface area contributed by atoms with Crippen molar-refractivity contribution in [2.75, 3.05) is 19.0 Å². The van der Waals surface area contributed by atoms with Crippen molar-refractivity contribution in [2.45, 2.75) is 26.2 Å². The smallest absolute Gasteiger partial charge is 0.338 e. The zero-order valence-electron chi connectivity index (χ0n) is 16.0. The maximum atomic E-state index is 11.9. The van der Waals surface area contributed by atoms with Gasteiger partial charge in [0.25, 0.3) is 5.91 Å². The molecular formula is C20H25N3O4. The van der Waals surface area contributed by atoms with Gasteiger partial charge in [0.15, 0.2) is 6.61 Å². The van der Waals surface area contributed by atoms with Crippen molar-refractivity contribution in [3.8, 4) is 11.5 Å². The summed E-state index contributed by atoms with van der Waals surface area (Å²) in [5.74, 6) is 0.614. The normalized spacial score (nSPS) is 10.7. The van der Waals surface area contributed by atoms with E-state index < -0.39 is 11.9 Å². The molecule has 0 atom stereocenters. The molecule has 2 aromatic carbocycles. The van der Waals surface area contributed by atoms with E-state index in [2.05, 4.69) is 36.9 Å². The number of amides is 3. The van der Waals surface area contributed by atoms with Gasteiger partial charge in [-0.15, -0.1) is 0 Å². The molecule has 3 N–H and O–H groups in total. The Kier molecular flexibility index (Phi) is 6.65. The lowest BCUT2D eigenvalue weighted by Crippen LogP contribution is -2.45. The number of carbonyl (C=O) groups is 2. The minimum Gasteiger partial charge on any atom is -0.495 e. The van der Waals surface area contributed by atoms with Crippen LogP contribution in [0.5, 0.6) is 11.5 Å². The average molecular weight is 371 g/mol. The lowest BCUT2D eigenvalue weighted by molar-refractivity contribution is -0.123. The molecule has 0 aliphatic carbocycles. The molecule has 27 heavy (non-hydrogen) atoms. The molecule has 0 saturated carbocycles. The lowest BCUT2D eigenvalue weighted by Gasteiger charge is -2.19. The van der Waals surface area contributed by atoms with Gasteiger partial charge < -0.3 is 14.8 Å². The van der Waals surface area contributed by atoms with Crippen LogP contribution in [0.25, 0.3) is 0 Å². The average Bonchev–Trinajstić information content (AvgIpc) is 2.64. The number of ether oxygens (including phenoxy) is 2. The number of anilines is 1. The molecule has 0 unspecified atom stereocenters. The summed E-state index contributed by atoms with van der Waals surface area (Å²) < 4.78 is 10.6. The van der Waals surface area contributed by atoms with E-state index in [1.807, 2.05) is 24.3 Å². The van der Waals surface area contributed by atoms with E-state index in [1.165, 1.54) is 12.7 Å². The number of methoxy groups -OCH3 is 1. The van der Waals surface area contributed by atoms with Crippen molar-refractivity contribution < 1.29 is 19.1 Å². The van der Waals surface area contributed by atoms with Gasteiger partial charge in [0.1, 0.15) is 11.5 Å². The molecule has 0 aromatic heterocycles. The lowest BCUT2D eigenvalue weighted by atomic mass is 9.87. The van der Waals surface area contributed by atoms with Gasteiger partial charge in [0, 0.05) is 0 Å². The first-order chi connectivity index (χ1) is 12.8. The molecule has 0 heterocycles. The van der Waals surface area contributed by atoms with Crippen LogP contribution >= 0.6 is 0 Å². The zero-order valence-corrected chi connectivity index (χ0v) is 16.0. The summed E-state index contributed by atoms with van der Waals surface area (Å²) in [6, 6.07) is 13.9. The molecule has 0 fully saturated rings. The topological polar surface area (TPSA) is 88.7 Å². The molecule has 0 aliphatic heterocycles. The third kappa shape index (κ3) is 6.22. The van der Waals surface area contributed by atoms with Gasteiger partial charge in [-0.1, -0.05) is 45.0 Å². The Morgan fingerprint density at radius 3 is 2.26 bits per heavy atom. The minimum atomic E-state index is -0.595. The Bertz CT molecular complexity index is 783. The van der Waals surface area contributed by atoms with Crippen LogP contribution in [0.4, 0.5) is 10.5 Å². The molecule has 144 valence electrons. The summed E-state index contributed by atoms with van der Waals surface area (Å²) in [6.07, 6.45) is 0. The number of rotatable bonds is 5. The maximum Gasteiger partial charge on any atom is 0.338 e. The van der Waals surface area contributed by atoms with Crippen LogP contribution in [0.2, 0.25) is 0 Å². The third-order valence-electron chi connectivity index (χ3n) is 3.76. The van der Waals surface area contributed by atoms with Crippen molar-refractivity contribution in [3.63, 3.8) is 0 Å². The van der Waals surface area contributed by atoms with E-state index in [1.54, 1.807) is 24.3 Å². The number of benzene rings is 2.